The van der Waals surface area contributed by atoms with Crippen LogP contribution in [0.15, 0.2) is 23.1 Å². The Kier molecular flexibility index (Phi) is 3.69. The lowest BCUT2D eigenvalue weighted by molar-refractivity contribution is 0.108. The second kappa shape index (κ2) is 4.50. The Balaban J connectivity index is 3.54. The number of benzene rings is 1. The Bertz CT molecular complexity index is 535. The number of hydrogen-bond acceptors (Lipinski definition) is 4. The molecule has 0 unspecified atom stereocenters. The fourth-order valence-corrected chi connectivity index (χ4v) is 1.79. The molecular formula is C8H5Cl2NO4S. The Morgan fingerprint density at radius 3 is 1.62 bits per heavy atom. The van der Waals surface area contributed by atoms with Gasteiger partial charge in [0.15, 0.2) is 0 Å². The molecule has 16 heavy (non-hydrogen) atoms. The zero-order valence-electron chi connectivity index (χ0n) is 7.61. The van der Waals surface area contributed by atoms with E-state index in [1.807, 2.05) is 0 Å². The monoisotopic (exact) mass is 281 g/mol. The molecule has 0 aliphatic heterocycles. The Hall–Kier alpha value is -0.950. The number of carbonyl (C=O) groups is 2. The van der Waals surface area contributed by atoms with Crippen LogP contribution < -0.4 is 5.14 Å². The molecule has 1 rings (SSSR count). The van der Waals surface area contributed by atoms with Crippen LogP contribution >= 0.6 is 23.2 Å². The van der Waals surface area contributed by atoms with Gasteiger partial charge in [-0.2, -0.15) is 0 Å². The molecule has 8 heteroatoms. The summed E-state index contributed by atoms with van der Waals surface area (Å²) < 4.78 is 22.1. The van der Waals surface area contributed by atoms with Crippen molar-refractivity contribution >= 4 is 43.7 Å². The minimum absolute atomic E-state index is 0.169. The van der Waals surface area contributed by atoms with Gasteiger partial charge in [-0.3, -0.25) is 9.59 Å². The number of halogens is 2. The SMILES string of the molecule is NS(=O)(=O)c1cc(C(=O)Cl)cc(C(=O)Cl)c1. The Morgan fingerprint density at radius 2 is 1.38 bits per heavy atom. The summed E-state index contributed by atoms with van der Waals surface area (Å²) >= 11 is 10.3. The van der Waals surface area contributed by atoms with E-state index in [2.05, 4.69) is 0 Å². The van der Waals surface area contributed by atoms with Crippen LogP contribution in [0.1, 0.15) is 20.7 Å². The van der Waals surface area contributed by atoms with Crippen molar-refractivity contribution < 1.29 is 18.0 Å². The zero-order valence-corrected chi connectivity index (χ0v) is 9.93. The van der Waals surface area contributed by atoms with Crippen LogP contribution in [0.25, 0.3) is 0 Å². The van der Waals surface area contributed by atoms with Gasteiger partial charge in [-0.1, -0.05) is 0 Å². The van der Waals surface area contributed by atoms with Gasteiger partial charge in [0, 0.05) is 11.1 Å². The third kappa shape index (κ3) is 3.02. The van der Waals surface area contributed by atoms with E-state index in [4.69, 9.17) is 28.3 Å². The fraction of sp³-hybridized carbons (Fsp3) is 0. The number of hydrogen-bond donors (Lipinski definition) is 1. The maximum Gasteiger partial charge on any atom is 0.252 e. The van der Waals surface area contributed by atoms with Crippen LogP contribution in [0.5, 0.6) is 0 Å². The summed E-state index contributed by atoms with van der Waals surface area (Å²) in [6.45, 7) is 0. The van der Waals surface area contributed by atoms with Crippen molar-refractivity contribution in [2.75, 3.05) is 0 Å². The van der Waals surface area contributed by atoms with Crippen molar-refractivity contribution in [1.29, 1.82) is 0 Å². The van der Waals surface area contributed by atoms with E-state index in [9.17, 15) is 18.0 Å². The molecule has 1 aromatic carbocycles. The number of rotatable bonds is 3. The minimum Gasteiger partial charge on any atom is -0.276 e. The largest absolute Gasteiger partial charge is 0.276 e. The molecular weight excluding hydrogens is 277 g/mol. The van der Waals surface area contributed by atoms with Crippen molar-refractivity contribution in [3.63, 3.8) is 0 Å². The fourth-order valence-electron chi connectivity index (χ4n) is 0.990. The van der Waals surface area contributed by atoms with Gasteiger partial charge in [0.2, 0.25) is 10.0 Å². The van der Waals surface area contributed by atoms with Crippen LogP contribution in [0.4, 0.5) is 0 Å². The second-order valence-electron chi connectivity index (χ2n) is 2.84. The normalized spacial score (nSPS) is 11.2. The quantitative estimate of drug-likeness (QED) is 0.839. The van der Waals surface area contributed by atoms with Gasteiger partial charge in [0.25, 0.3) is 10.5 Å². The summed E-state index contributed by atoms with van der Waals surface area (Å²) in [5.74, 6) is 0. The first-order valence-electron chi connectivity index (χ1n) is 3.79. The van der Waals surface area contributed by atoms with E-state index in [0.29, 0.717) is 0 Å². The van der Waals surface area contributed by atoms with Crippen molar-refractivity contribution in [2.24, 2.45) is 5.14 Å². The van der Waals surface area contributed by atoms with Gasteiger partial charge in [-0.05, 0) is 41.4 Å². The van der Waals surface area contributed by atoms with Gasteiger partial charge in [0.05, 0.1) is 4.90 Å². The van der Waals surface area contributed by atoms with Gasteiger partial charge in [-0.15, -0.1) is 0 Å². The molecule has 2 N–H and O–H groups in total. The van der Waals surface area contributed by atoms with E-state index >= 15 is 0 Å². The highest BCUT2D eigenvalue weighted by Crippen LogP contribution is 2.17. The molecule has 0 radical (unpaired) electrons. The maximum atomic E-state index is 11.1. The van der Waals surface area contributed by atoms with Gasteiger partial charge in [0.1, 0.15) is 0 Å². The third-order valence-electron chi connectivity index (χ3n) is 1.69. The van der Waals surface area contributed by atoms with E-state index in [1.54, 1.807) is 0 Å². The number of sulfonamides is 1. The Morgan fingerprint density at radius 1 is 1.00 bits per heavy atom. The molecule has 0 aromatic heterocycles. The zero-order chi connectivity index (χ0) is 12.5. The molecule has 5 nitrogen and oxygen atoms in total. The third-order valence-corrected chi connectivity index (χ3v) is 3.02. The molecule has 0 fully saturated rings. The minimum atomic E-state index is -4.04. The summed E-state index contributed by atoms with van der Waals surface area (Å²) in [6.07, 6.45) is 0. The second-order valence-corrected chi connectivity index (χ2v) is 5.09. The molecule has 0 bridgehead atoms. The van der Waals surface area contributed by atoms with Crippen LogP contribution in [0.2, 0.25) is 0 Å². The van der Waals surface area contributed by atoms with E-state index in [0.717, 1.165) is 18.2 Å². The predicted octanol–water partition coefficient (Wildman–Crippen LogP) is 1.09. The molecule has 0 atom stereocenters. The van der Waals surface area contributed by atoms with Gasteiger partial charge < -0.3 is 0 Å². The predicted molar refractivity (Wildman–Crippen MR) is 58.2 cm³/mol. The smallest absolute Gasteiger partial charge is 0.252 e. The van der Waals surface area contributed by atoms with Crippen molar-refractivity contribution in [1.82, 2.24) is 0 Å². The first-order valence-corrected chi connectivity index (χ1v) is 6.09. The summed E-state index contributed by atoms with van der Waals surface area (Å²) in [7, 11) is -4.04. The van der Waals surface area contributed by atoms with Crippen molar-refractivity contribution in [2.45, 2.75) is 4.90 Å². The molecule has 1 aromatic rings. The van der Waals surface area contributed by atoms with Crippen LogP contribution in [-0.2, 0) is 10.0 Å². The van der Waals surface area contributed by atoms with Crippen molar-refractivity contribution in [3.05, 3.63) is 29.3 Å². The number of carbonyl (C=O) groups excluding carboxylic acids is 2. The molecule has 0 spiro atoms. The van der Waals surface area contributed by atoms with Crippen LogP contribution in [0.3, 0.4) is 0 Å². The summed E-state index contributed by atoms with van der Waals surface area (Å²) in [5, 5.41) is 3.03. The molecule has 86 valence electrons. The first-order chi connectivity index (χ1) is 7.21. The molecule has 0 aliphatic carbocycles. The number of primary sulfonamides is 1. The lowest BCUT2D eigenvalue weighted by Gasteiger charge is -2.02. The highest BCUT2D eigenvalue weighted by atomic mass is 35.5. The lowest BCUT2D eigenvalue weighted by atomic mass is 10.1. The molecule has 0 saturated carbocycles. The molecule has 0 aliphatic rings. The molecule has 0 saturated heterocycles. The van der Waals surface area contributed by atoms with Gasteiger partial charge in [-0.25, -0.2) is 13.6 Å². The topological polar surface area (TPSA) is 94.3 Å². The lowest BCUT2D eigenvalue weighted by Crippen LogP contribution is -2.13. The van der Waals surface area contributed by atoms with Gasteiger partial charge >= 0.3 is 0 Å². The standard InChI is InChI=1S/C8H5Cl2NO4S/c9-7(12)4-1-5(8(10)13)3-6(2-4)16(11,14)15/h1-3H,(H2,11,14,15). The van der Waals surface area contributed by atoms with E-state index < -0.39 is 25.4 Å². The average molecular weight is 282 g/mol. The van der Waals surface area contributed by atoms with Crippen LogP contribution in [0, 0.1) is 0 Å². The van der Waals surface area contributed by atoms with Crippen molar-refractivity contribution in [3.8, 4) is 0 Å². The molecule has 0 amide bonds. The highest BCUT2D eigenvalue weighted by molar-refractivity contribution is 7.89. The Labute approximate surface area is 101 Å². The first kappa shape index (κ1) is 13.1. The van der Waals surface area contributed by atoms with E-state index in [-0.39, 0.29) is 11.1 Å². The summed E-state index contributed by atoms with van der Waals surface area (Å²) in [6, 6.07) is 3.02. The highest BCUT2D eigenvalue weighted by Gasteiger charge is 2.15. The van der Waals surface area contributed by atoms with E-state index in [1.165, 1.54) is 0 Å². The number of nitrogens with two attached hydrogens (primary N) is 1. The maximum absolute atomic E-state index is 11.1. The van der Waals surface area contributed by atoms with Crippen LogP contribution in [-0.4, -0.2) is 18.9 Å². The summed E-state index contributed by atoms with van der Waals surface area (Å²) in [5.41, 5.74) is -0.339. The average Bonchev–Trinajstić information content (AvgIpc) is 2.15. The molecule has 0 heterocycles. The summed E-state index contributed by atoms with van der Waals surface area (Å²) in [4.78, 5) is 21.3.